The normalized spacial score (nSPS) is 12.4. The Kier molecular flexibility index (Phi) is 5.37. The summed E-state index contributed by atoms with van der Waals surface area (Å²) in [5, 5.41) is 13.8. The van der Waals surface area contributed by atoms with Crippen molar-refractivity contribution in [3.8, 4) is 0 Å². The first-order chi connectivity index (χ1) is 10.7. The molecule has 0 aliphatic heterocycles. The van der Waals surface area contributed by atoms with E-state index in [4.69, 9.17) is 0 Å². The highest BCUT2D eigenvalue weighted by atomic mass is 32.1. The highest BCUT2D eigenvalue weighted by Crippen LogP contribution is 2.25. The second kappa shape index (κ2) is 6.93. The third-order valence-corrected chi connectivity index (χ3v) is 4.45. The van der Waals surface area contributed by atoms with Crippen molar-refractivity contribution < 1.29 is 9.50 Å². The largest absolute Gasteiger partial charge is 0.390 e. The molecule has 0 unspecified atom stereocenters. The maximum Gasteiger partial charge on any atom is 0.202 e. The smallest absolute Gasteiger partial charge is 0.202 e. The van der Waals surface area contributed by atoms with E-state index in [1.54, 1.807) is 13.8 Å². The predicted molar refractivity (Wildman–Crippen MR) is 92.4 cm³/mol. The van der Waals surface area contributed by atoms with Gasteiger partial charge in [0.05, 0.1) is 5.60 Å². The highest BCUT2D eigenvalue weighted by Gasteiger charge is 2.21. The Morgan fingerprint density at radius 1 is 1.17 bits per heavy atom. The minimum Gasteiger partial charge on any atom is -0.390 e. The van der Waals surface area contributed by atoms with Crippen LogP contribution < -0.4 is 5.32 Å². The van der Waals surface area contributed by atoms with Gasteiger partial charge >= 0.3 is 0 Å². The van der Waals surface area contributed by atoms with Crippen LogP contribution in [-0.2, 0) is 11.8 Å². The van der Waals surface area contributed by atoms with Gasteiger partial charge in [0.25, 0.3) is 0 Å². The lowest BCUT2D eigenvalue weighted by Crippen LogP contribution is -2.27. The number of nitrogens with zero attached hydrogens (tertiary/aromatic N) is 2. The first kappa shape index (κ1) is 17.8. The fraction of sp³-hybridized carbons (Fsp3) is 0.529. The van der Waals surface area contributed by atoms with Gasteiger partial charge in [0.15, 0.2) is 0 Å². The molecule has 2 aromatic rings. The number of hydrogen-bond acceptors (Lipinski definition) is 5. The molecular formula is C17H24FN3OS. The van der Waals surface area contributed by atoms with Crippen LogP contribution in [0.2, 0.25) is 0 Å². The molecule has 23 heavy (non-hydrogen) atoms. The molecule has 0 radical (unpaired) electrons. The molecule has 2 N–H and O–H groups in total. The number of nitrogens with one attached hydrogen (secondary N) is 1. The summed E-state index contributed by atoms with van der Waals surface area (Å²) in [5.74, 6) is 0.525. The van der Waals surface area contributed by atoms with E-state index >= 15 is 0 Å². The molecule has 1 heterocycles. The fourth-order valence-corrected chi connectivity index (χ4v) is 2.75. The van der Waals surface area contributed by atoms with Gasteiger partial charge in [-0.3, -0.25) is 0 Å². The zero-order valence-electron chi connectivity index (χ0n) is 14.1. The van der Waals surface area contributed by atoms with Gasteiger partial charge in [0.1, 0.15) is 11.6 Å². The number of halogens is 1. The van der Waals surface area contributed by atoms with Gasteiger partial charge in [-0.15, -0.1) is 0 Å². The molecule has 2 rings (SSSR count). The number of hydrogen-bond donors (Lipinski definition) is 2. The summed E-state index contributed by atoms with van der Waals surface area (Å²) in [6.45, 7) is 8.44. The van der Waals surface area contributed by atoms with E-state index in [2.05, 4.69) is 28.5 Å². The van der Waals surface area contributed by atoms with E-state index < -0.39 is 5.60 Å². The zero-order valence-corrected chi connectivity index (χ0v) is 14.9. The summed E-state index contributed by atoms with van der Waals surface area (Å²) < 4.78 is 17.3. The van der Waals surface area contributed by atoms with Gasteiger partial charge in [-0.25, -0.2) is 9.37 Å². The fourth-order valence-electron chi connectivity index (χ4n) is 2.14. The van der Waals surface area contributed by atoms with Crippen molar-refractivity contribution in [1.29, 1.82) is 0 Å². The maximum atomic E-state index is 13.0. The minimum atomic E-state index is -0.705. The average Bonchev–Trinajstić information content (AvgIpc) is 2.91. The molecule has 0 bridgehead atoms. The SMILES string of the molecule is CC(C)(O)CCc1nsc(NCC(C)(C)c2ccc(F)cc2)n1. The topological polar surface area (TPSA) is 58.0 Å². The highest BCUT2D eigenvalue weighted by molar-refractivity contribution is 7.09. The summed E-state index contributed by atoms with van der Waals surface area (Å²) in [6.07, 6.45) is 1.29. The van der Waals surface area contributed by atoms with Crippen molar-refractivity contribution in [2.24, 2.45) is 0 Å². The quantitative estimate of drug-likeness (QED) is 0.807. The van der Waals surface area contributed by atoms with Crippen LogP contribution in [0.25, 0.3) is 0 Å². The number of anilines is 1. The molecule has 1 aromatic carbocycles. The first-order valence-corrected chi connectivity index (χ1v) is 8.48. The molecule has 0 spiro atoms. The second-order valence-electron chi connectivity index (χ2n) is 7.07. The molecule has 126 valence electrons. The van der Waals surface area contributed by atoms with Crippen molar-refractivity contribution in [1.82, 2.24) is 9.36 Å². The van der Waals surface area contributed by atoms with Gasteiger partial charge in [-0.1, -0.05) is 26.0 Å². The van der Waals surface area contributed by atoms with Gasteiger partial charge in [0.2, 0.25) is 5.13 Å². The number of aryl methyl sites for hydroxylation is 1. The van der Waals surface area contributed by atoms with Crippen molar-refractivity contribution in [2.45, 2.75) is 51.6 Å². The van der Waals surface area contributed by atoms with Crippen LogP contribution in [0.15, 0.2) is 24.3 Å². The van der Waals surface area contributed by atoms with Gasteiger partial charge in [-0.05, 0) is 38.0 Å². The molecule has 1 aromatic heterocycles. The van der Waals surface area contributed by atoms with E-state index in [1.807, 2.05) is 12.1 Å². The number of aromatic nitrogens is 2. The monoisotopic (exact) mass is 337 g/mol. The molecule has 0 aliphatic rings. The van der Waals surface area contributed by atoms with Crippen LogP contribution in [0.3, 0.4) is 0 Å². The Labute approximate surface area is 141 Å². The lowest BCUT2D eigenvalue weighted by molar-refractivity contribution is 0.0709. The van der Waals surface area contributed by atoms with Crippen LogP contribution >= 0.6 is 11.5 Å². The van der Waals surface area contributed by atoms with Crippen LogP contribution in [0, 0.1) is 5.82 Å². The maximum absolute atomic E-state index is 13.0. The second-order valence-corrected chi connectivity index (χ2v) is 7.82. The lowest BCUT2D eigenvalue weighted by Gasteiger charge is -2.25. The van der Waals surface area contributed by atoms with Gasteiger partial charge in [-0.2, -0.15) is 4.37 Å². The van der Waals surface area contributed by atoms with E-state index in [1.165, 1.54) is 23.7 Å². The molecule has 0 fully saturated rings. The van der Waals surface area contributed by atoms with Crippen molar-refractivity contribution in [2.75, 3.05) is 11.9 Å². The van der Waals surface area contributed by atoms with Crippen LogP contribution in [0.1, 0.15) is 45.5 Å². The van der Waals surface area contributed by atoms with E-state index in [0.717, 1.165) is 16.5 Å². The number of benzene rings is 1. The summed E-state index contributed by atoms with van der Waals surface area (Å²) in [6, 6.07) is 6.59. The number of rotatable bonds is 7. The van der Waals surface area contributed by atoms with Crippen LogP contribution in [0.4, 0.5) is 9.52 Å². The van der Waals surface area contributed by atoms with Crippen LogP contribution in [-0.4, -0.2) is 26.6 Å². The molecule has 4 nitrogen and oxygen atoms in total. The standard InChI is InChI=1S/C17H24FN3OS/c1-16(2,12-5-7-13(18)8-6-12)11-19-15-20-14(21-23-15)9-10-17(3,4)22/h5-8,22H,9-11H2,1-4H3,(H,19,20,21). The summed E-state index contributed by atoms with van der Waals surface area (Å²) >= 11 is 1.32. The Morgan fingerprint density at radius 2 is 1.83 bits per heavy atom. The lowest BCUT2D eigenvalue weighted by atomic mass is 9.85. The molecule has 0 saturated heterocycles. The van der Waals surface area contributed by atoms with E-state index in [-0.39, 0.29) is 11.2 Å². The Balaban J connectivity index is 1.92. The summed E-state index contributed by atoms with van der Waals surface area (Å²) in [7, 11) is 0. The van der Waals surface area contributed by atoms with E-state index in [9.17, 15) is 9.50 Å². The summed E-state index contributed by atoms with van der Waals surface area (Å²) in [4.78, 5) is 4.45. The first-order valence-electron chi connectivity index (χ1n) is 7.71. The van der Waals surface area contributed by atoms with Crippen LogP contribution in [0.5, 0.6) is 0 Å². The van der Waals surface area contributed by atoms with Crippen molar-refractivity contribution in [3.05, 3.63) is 41.5 Å². The Morgan fingerprint density at radius 3 is 2.43 bits per heavy atom. The Bertz CT molecular complexity index is 632. The molecule has 0 amide bonds. The molecule has 0 saturated carbocycles. The number of aliphatic hydroxyl groups is 1. The Hall–Kier alpha value is -1.53. The van der Waals surface area contributed by atoms with Gasteiger partial charge in [0, 0.05) is 29.9 Å². The average molecular weight is 337 g/mol. The molecular weight excluding hydrogens is 313 g/mol. The third kappa shape index (κ3) is 5.55. The summed E-state index contributed by atoms with van der Waals surface area (Å²) in [5.41, 5.74) is 0.217. The van der Waals surface area contributed by atoms with Crippen molar-refractivity contribution in [3.63, 3.8) is 0 Å². The third-order valence-electron chi connectivity index (χ3n) is 3.74. The predicted octanol–water partition coefficient (Wildman–Crippen LogP) is 3.77. The minimum absolute atomic E-state index is 0.146. The zero-order chi connectivity index (χ0) is 17.1. The van der Waals surface area contributed by atoms with Gasteiger partial charge < -0.3 is 10.4 Å². The molecule has 0 aliphatic carbocycles. The van der Waals surface area contributed by atoms with Crippen molar-refractivity contribution >= 4 is 16.7 Å². The molecule has 0 atom stereocenters. The molecule has 6 heteroatoms. The van der Waals surface area contributed by atoms with E-state index in [0.29, 0.717) is 19.4 Å².